The predicted octanol–water partition coefficient (Wildman–Crippen LogP) is 4.50. The van der Waals surface area contributed by atoms with Crippen LogP contribution in [0.4, 0.5) is 0 Å². The van der Waals surface area contributed by atoms with Crippen molar-refractivity contribution in [3.05, 3.63) is 65.2 Å². The minimum Gasteiger partial charge on any atom is -0.497 e. The second-order valence-corrected chi connectivity index (χ2v) is 7.49. The van der Waals surface area contributed by atoms with Gasteiger partial charge in [-0.05, 0) is 41.5 Å². The van der Waals surface area contributed by atoms with E-state index in [1.165, 1.54) is 7.11 Å². The van der Waals surface area contributed by atoms with Gasteiger partial charge < -0.3 is 18.9 Å². The van der Waals surface area contributed by atoms with E-state index in [0.29, 0.717) is 25.4 Å². The second kappa shape index (κ2) is 8.48. The molecule has 0 aliphatic carbocycles. The standard InChI is InChI=1S/C23H26O5/c1-23(2)12-18(20-11-19(25-3)8-9-21(20)28-15-23)14-27-13-16-6-5-7-17(10-16)22(24)26-4/h5-12H,13-15H2,1-4H3. The highest BCUT2D eigenvalue weighted by molar-refractivity contribution is 5.89. The van der Waals surface area contributed by atoms with Crippen molar-refractivity contribution in [1.29, 1.82) is 0 Å². The normalized spacial score (nSPS) is 14.9. The molecule has 5 heteroatoms. The number of methoxy groups -OCH3 is 2. The highest BCUT2D eigenvalue weighted by Gasteiger charge is 2.24. The molecule has 0 fully saturated rings. The molecule has 0 spiro atoms. The van der Waals surface area contributed by atoms with Gasteiger partial charge >= 0.3 is 5.97 Å². The quantitative estimate of drug-likeness (QED) is 0.689. The van der Waals surface area contributed by atoms with Crippen LogP contribution in [0.15, 0.2) is 48.5 Å². The van der Waals surface area contributed by atoms with E-state index in [-0.39, 0.29) is 11.4 Å². The van der Waals surface area contributed by atoms with Crippen molar-refractivity contribution < 1.29 is 23.7 Å². The molecule has 0 saturated carbocycles. The van der Waals surface area contributed by atoms with Gasteiger partial charge in [0.05, 0.1) is 39.6 Å². The first-order valence-electron chi connectivity index (χ1n) is 9.20. The first-order valence-corrected chi connectivity index (χ1v) is 9.20. The van der Waals surface area contributed by atoms with Gasteiger partial charge in [-0.25, -0.2) is 4.79 Å². The Morgan fingerprint density at radius 1 is 1.11 bits per heavy atom. The lowest BCUT2D eigenvalue weighted by atomic mass is 9.90. The molecule has 1 aliphatic rings. The second-order valence-electron chi connectivity index (χ2n) is 7.49. The molecule has 3 rings (SSSR count). The monoisotopic (exact) mass is 382 g/mol. The lowest BCUT2D eigenvalue weighted by molar-refractivity contribution is 0.0600. The summed E-state index contributed by atoms with van der Waals surface area (Å²) in [6, 6.07) is 13.1. The Hall–Kier alpha value is -2.79. The summed E-state index contributed by atoms with van der Waals surface area (Å²) in [5.41, 5.74) is 3.35. The molecule has 1 aliphatic heterocycles. The molecule has 2 aromatic rings. The van der Waals surface area contributed by atoms with Crippen molar-refractivity contribution in [2.75, 3.05) is 27.4 Å². The average Bonchev–Trinajstić information content (AvgIpc) is 2.83. The van der Waals surface area contributed by atoms with Crippen LogP contribution in [0.3, 0.4) is 0 Å². The summed E-state index contributed by atoms with van der Waals surface area (Å²) in [7, 11) is 3.02. The molecule has 0 atom stereocenters. The minimum absolute atomic E-state index is 0.115. The summed E-state index contributed by atoms with van der Waals surface area (Å²) in [5.74, 6) is 1.25. The zero-order valence-corrected chi connectivity index (χ0v) is 16.8. The van der Waals surface area contributed by atoms with E-state index < -0.39 is 0 Å². The average molecular weight is 382 g/mol. The third-order valence-electron chi connectivity index (χ3n) is 4.57. The highest BCUT2D eigenvalue weighted by atomic mass is 16.5. The topological polar surface area (TPSA) is 54.0 Å². The van der Waals surface area contributed by atoms with Crippen LogP contribution in [0.25, 0.3) is 5.57 Å². The number of fused-ring (bicyclic) bond motifs is 1. The van der Waals surface area contributed by atoms with Gasteiger partial charge in [0.1, 0.15) is 11.5 Å². The van der Waals surface area contributed by atoms with Crippen LogP contribution in [0.1, 0.15) is 35.3 Å². The molecule has 0 saturated heterocycles. The molecule has 0 N–H and O–H groups in total. The molecule has 28 heavy (non-hydrogen) atoms. The van der Waals surface area contributed by atoms with Crippen molar-refractivity contribution in [1.82, 2.24) is 0 Å². The fourth-order valence-corrected chi connectivity index (χ4v) is 3.17. The Balaban J connectivity index is 1.77. The van der Waals surface area contributed by atoms with E-state index >= 15 is 0 Å². The number of hydrogen-bond acceptors (Lipinski definition) is 5. The van der Waals surface area contributed by atoms with Gasteiger partial charge in [0, 0.05) is 11.0 Å². The van der Waals surface area contributed by atoms with E-state index in [1.807, 2.05) is 30.3 Å². The maximum absolute atomic E-state index is 11.7. The number of rotatable bonds is 6. The van der Waals surface area contributed by atoms with Crippen molar-refractivity contribution >= 4 is 11.5 Å². The Kier molecular flexibility index (Phi) is 6.05. The Morgan fingerprint density at radius 3 is 2.68 bits per heavy atom. The van der Waals surface area contributed by atoms with Crippen LogP contribution < -0.4 is 9.47 Å². The highest BCUT2D eigenvalue weighted by Crippen LogP contribution is 2.37. The van der Waals surface area contributed by atoms with Gasteiger partial charge in [0.15, 0.2) is 0 Å². The Morgan fingerprint density at radius 2 is 1.93 bits per heavy atom. The van der Waals surface area contributed by atoms with Crippen LogP contribution in [-0.4, -0.2) is 33.4 Å². The van der Waals surface area contributed by atoms with Crippen LogP contribution in [0.5, 0.6) is 11.5 Å². The molecule has 0 bridgehead atoms. The van der Waals surface area contributed by atoms with E-state index in [1.54, 1.807) is 19.2 Å². The summed E-state index contributed by atoms with van der Waals surface area (Å²) in [6.07, 6.45) is 2.20. The number of ether oxygens (including phenoxy) is 4. The number of benzene rings is 2. The zero-order valence-electron chi connectivity index (χ0n) is 16.8. The van der Waals surface area contributed by atoms with Gasteiger partial charge in [-0.1, -0.05) is 32.1 Å². The summed E-state index contributed by atoms with van der Waals surface area (Å²) in [5, 5.41) is 0. The maximum atomic E-state index is 11.7. The van der Waals surface area contributed by atoms with Gasteiger partial charge in [-0.15, -0.1) is 0 Å². The Labute approximate surface area is 165 Å². The largest absolute Gasteiger partial charge is 0.497 e. The third kappa shape index (κ3) is 4.73. The number of carbonyl (C=O) groups is 1. The maximum Gasteiger partial charge on any atom is 0.337 e. The molecular formula is C23H26O5. The van der Waals surface area contributed by atoms with Crippen molar-refractivity contribution in [2.45, 2.75) is 20.5 Å². The van der Waals surface area contributed by atoms with Gasteiger partial charge in [0.25, 0.3) is 0 Å². The molecule has 0 unspecified atom stereocenters. The molecular weight excluding hydrogens is 356 g/mol. The fraction of sp³-hybridized carbons (Fsp3) is 0.348. The van der Waals surface area contributed by atoms with Crippen molar-refractivity contribution in [3.8, 4) is 11.5 Å². The zero-order chi connectivity index (χ0) is 20.1. The van der Waals surface area contributed by atoms with Crippen LogP contribution in [0.2, 0.25) is 0 Å². The number of carbonyl (C=O) groups excluding carboxylic acids is 1. The van der Waals surface area contributed by atoms with E-state index in [4.69, 9.17) is 18.9 Å². The fourth-order valence-electron chi connectivity index (χ4n) is 3.17. The minimum atomic E-state index is -0.353. The van der Waals surface area contributed by atoms with Crippen LogP contribution in [0, 0.1) is 5.41 Å². The van der Waals surface area contributed by atoms with Gasteiger partial charge in [-0.2, -0.15) is 0 Å². The molecule has 2 aromatic carbocycles. The number of esters is 1. The molecule has 5 nitrogen and oxygen atoms in total. The number of hydrogen-bond donors (Lipinski definition) is 0. The molecule has 1 heterocycles. The van der Waals surface area contributed by atoms with Crippen LogP contribution >= 0.6 is 0 Å². The summed E-state index contributed by atoms with van der Waals surface area (Å²) in [6.45, 7) is 5.68. The Bertz CT molecular complexity index is 882. The van der Waals surface area contributed by atoms with Crippen LogP contribution in [-0.2, 0) is 16.1 Å². The SMILES string of the molecule is COC(=O)c1cccc(COCC2=CC(C)(C)COc3ccc(OC)cc32)c1. The van der Waals surface area contributed by atoms with E-state index in [9.17, 15) is 4.79 Å². The lowest BCUT2D eigenvalue weighted by Gasteiger charge is -2.18. The molecule has 0 radical (unpaired) electrons. The first kappa shape index (κ1) is 20.0. The summed E-state index contributed by atoms with van der Waals surface area (Å²) < 4.78 is 22.1. The summed E-state index contributed by atoms with van der Waals surface area (Å²) in [4.78, 5) is 11.7. The third-order valence-corrected chi connectivity index (χ3v) is 4.57. The van der Waals surface area contributed by atoms with E-state index in [0.717, 1.165) is 28.2 Å². The predicted molar refractivity (Wildman–Crippen MR) is 108 cm³/mol. The lowest BCUT2D eigenvalue weighted by Crippen LogP contribution is -2.17. The molecule has 0 amide bonds. The van der Waals surface area contributed by atoms with E-state index in [2.05, 4.69) is 19.9 Å². The van der Waals surface area contributed by atoms with Gasteiger partial charge in [0.2, 0.25) is 0 Å². The summed E-state index contributed by atoms with van der Waals surface area (Å²) >= 11 is 0. The van der Waals surface area contributed by atoms with Gasteiger partial charge in [-0.3, -0.25) is 0 Å². The van der Waals surface area contributed by atoms with Crippen molar-refractivity contribution in [2.24, 2.45) is 5.41 Å². The smallest absolute Gasteiger partial charge is 0.337 e. The first-order chi connectivity index (χ1) is 13.4. The molecule has 148 valence electrons. The molecule has 0 aromatic heterocycles. The van der Waals surface area contributed by atoms with Crippen molar-refractivity contribution in [3.63, 3.8) is 0 Å².